The highest BCUT2D eigenvalue weighted by molar-refractivity contribution is 6.10. The number of allylic oxidation sites excluding steroid dienone is 2. The summed E-state index contributed by atoms with van der Waals surface area (Å²) in [7, 11) is 0. The van der Waals surface area contributed by atoms with Crippen molar-refractivity contribution < 1.29 is 23.9 Å². The lowest BCUT2D eigenvalue weighted by molar-refractivity contribution is -0.152. The van der Waals surface area contributed by atoms with Crippen molar-refractivity contribution in [2.75, 3.05) is 13.2 Å². The average Bonchev–Trinajstić information content (AvgIpc) is 3.28. The van der Waals surface area contributed by atoms with Gasteiger partial charge in [0, 0.05) is 22.7 Å². The summed E-state index contributed by atoms with van der Waals surface area (Å²) in [6.45, 7) is 1.14. The second kappa shape index (κ2) is 7.66. The Bertz CT molecular complexity index is 1010. The van der Waals surface area contributed by atoms with Gasteiger partial charge in [0.2, 0.25) is 17.6 Å². The molecule has 1 saturated heterocycles. The highest BCUT2D eigenvalue weighted by atomic mass is 16.5. The summed E-state index contributed by atoms with van der Waals surface area (Å²) >= 11 is 0. The number of ketones is 1. The van der Waals surface area contributed by atoms with Gasteiger partial charge in [0.05, 0.1) is 11.8 Å². The topological polar surface area (TPSA) is 96.5 Å². The van der Waals surface area contributed by atoms with Gasteiger partial charge in [-0.15, -0.1) is 0 Å². The number of likely N-dealkylation sites (tertiary alicyclic amines) is 1. The van der Waals surface area contributed by atoms with E-state index in [1.54, 1.807) is 6.20 Å². The second-order valence-electron chi connectivity index (χ2n) is 7.40. The molecule has 2 atom stereocenters. The van der Waals surface area contributed by atoms with E-state index in [1.807, 2.05) is 37.3 Å². The molecule has 1 aromatic carbocycles. The number of para-hydroxylation sites is 1. The van der Waals surface area contributed by atoms with Crippen LogP contribution in [0.2, 0.25) is 0 Å². The minimum absolute atomic E-state index is 0.337. The number of hydrogen-bond donors (Lipinski definition) is 1. The van der Waals surface area contributed by atoms with Crippen LogP contribution < -0.4 is 0 Å². The van der Waals surface area contributed by atoms with E-state index in [4.69, 9.17) is 4.74 Å². The predicted molar refractivity (Wildman–Crippen MR) is 105 cm³/mol. The number of fused-ring (bicyclic) bond motifs is 2. The average molecular weight is 394 g/mol. The summed E-state index contributed by atoms with van der Waals surface area (Å²) in [5.74, 6) is -2.55. The van der Waals surface area contributed by atoms with Crippen LogP contribution in [0.4, 0.5) is 0 Å². The van der Waals surface area contributed by atoms with E-state index in [-0.39, 0.29) is 29.4 Å². The molecule has 0 spiro atoms. The number of Topliss-reactive ketones (excluding diaryl/α,β-unsaturated/α-hetero) is 1. The Morgan fingerprint density at radius 3 is 2.48 bits per heavy atom. The quantitative estimate of drug-likeness (QED) is 0.351. The summed E-state index contributed by atoms with van der Waals surface area (Å²) in [6, 6.07) is 5.72. The van der Waals surface area contributed by atoms with Gasteiger partial charge in [-0.2, -0.15) is 0 Å². The zero-order chi connectivity index (χ0) is 20.5. The molecule has 2 amide bonds. The molecule has 1 N–H and O–H groups in total. The molecule has 4 rings (SSSR count). The van der Waals surface area contributed by atoms with Crippen molar-refractivity contribution >= 4 is 34.5 Å². The van der Waals surface area contributed by atoms with Gasteiger partial charge in [0.1, 0.15) is 6.54 Å². The van der Waals surface area contributed by atoms with Gasteiger partial charge < -0.3 is 9.72 Å². The second-order valence-corrected chi connectivity index (χ2v) is 7.40. The fraction of sp³-hybridized carbons (Fsp3) is 0.364. The minimum Gasteiger partial charge on any atom is -0.456 e. The SMILES string of the molecule is CCc1cccc2c(C(=O)COC(=O)CN3C(=O)[C@H]4CC=CC[C@H]4C3=O)c[nH]c12. The maximum atomic E-state index is 12.5. The maximum Gasteiger partial charge on any atom is 0.326 e. The zero-order valence-corrected chi connectivity index (χ0v) is 16.1. The number of aromatic amines is 1. The van der Waals surface area contributed by atoms with Crippen LogP contribution in [0.3, 0.4) is 0 Å². The Labute approximate surface area is 167 Å². The van der Waals surface area contributed by atoms with Crippen LogP contribution in [0.15, 0.2) is 36.5 Å². The van der Waals surface area contributed by atoms with Crippen LogP contribution in [-0.4, -0.2) is 46.6 Å². The van der Waals surface area contributed by atoms with Crippen molar-refractivity contribution in [1.29, 1.82) is 0 Å². The van der Waals surface area contributed by atoms with E-state index in [1.165, 1.54) is 0 Å². The molecule has 0 saturated carbocycles. The number of imide groups is 1. The monoisotopic (exact) mass is 394 g/mol. The Kier molecular flexibility index (Phi) is 5.05. The number of ether oxygens (including phenoxy) is 1. The zero-order valence-electron chi connectivity index (χ0n) is 16.1. The van der Waals surface area contributed by atoms with Crippen LogP contribution in [0.1, 0.15) is 35.7 Å². The normalized spacial score (nSPS) is 20.9. The van der Waals surface area contributed by atoms with Crippen LogP contribution >= 0.6 is 0 Å². The van der Waals surface area contributed by atoms with Crippen molar-refractivity contribution in [2.24, 2.45) is 11.8 Å². The molecule has 2 aromatic rings. The number of amides is 2. The summed E-state index contributed by atoms with van der Waals surface area (Å²) < 4.78 is 5.08. The van der Waals surface area contributed by atoms with Gasteiger partial charge in [-0.1, -0.05) is 37.3 Å². The highest BCUT2D eigenvalue weighted by Gasteiger charge is 2.47. The molecule has 1 aliphatic carbocycles. The van der Waals surface area contributed by atoms with E-state index in [2.05, 4.69) is 4.98 Å². The van der Waals surface area contributed by atoms with Crippen molar-refractivity contribution in [2.45, 2.75) is 26.2 Å². The van der Waals surface area contributed by atoms with Crippen LogP contribution in [0, 0.1) is 11.8 Å². The number of hydrogen-bond acceptors (Lipinski definition) is 5. The minimum atomic E-state index is -0.763. The molecule has 29 heavy (non-hydrogen) atoms. The molecule has 1 fully saturated rings. The Morgan fingerprint density at radius 1 is 1.14 bits per heavy atom. The predicted octanol–water partition coefficient (Wildman–Crippen LogP) is 2.41. The molecule has 0 bridgehead atoms. The lowest BCUT2D eigenvalue weighted by atomic mass is 9.85. The lowest BCUT2D eigenvalue weighted by Gasteiger charge is -2.14. The molecule has 7 nitrogen and oxygen atoms in total. The van der Waals surface area contributed by atoms with E-state index in [9.17, 15) is 19.2 Å². The smallest absolute Gasteiger partial charge is 0.326 e. The first-order valence-corrected chi connectivity index (χ1v) is 9.79. The first kappa shape index (κ1) is 19.1. The molecule has 7 heteroatoms. The molecular formula is C22H22N2O5. The van der Waals surface area contributed by atoms with Crippen molar-refractivity contribution in [1.82, 2.24) is 9.88 Å². The van der Waals surface area contributed by atoms with E-state index in [0.29, 0.717) is 18.4 Å². The first-order chi connectivity index (χ1) is 14.0. The summed E-state index contributed by atoms with van der Waals surface area (Å²) in [5, 5.41) is 0.784. The molecule has 2 heterocycles. The van der Waals surface area contributed by atoms with Crippen LogP contribution in [0.5, 0.6) is 0 Å². The number of rotatable bonds is 6. The largest absolute Gasteiger partial charge is 0.456 e. The third-order valence-electron chi connectivity index (χ3n) is 5.73. The number of H-pyrrole nitrogens is 1. The molecule has 1 aliphatic heterocycles. The van der Waals surface area contributed by atoms with Gasteiger partial charge in [0.15, 0.2) is 6.61 Å². The van der Waals surface area contributed by atoms with E-state index < -0.39 is 19.1 Å². The van der Waals surface area contributed by atoms with Crippen LogP contribution in [-0.2, 0) is 25.5 Å². The number of esters is 1. The van der Waals surface area contributed by atoms with E-state index in [0.717, 1.165) is 27.8 Å². The van der Waals surface area contributed by atoms with Crippen molar-refractivity contribution in [3.05, 3.63) is 47.7 Å². The van der Waals surface area contributed by atoms with Gasteiger partial charge in [-0.3, -0.25) is 24.1 Å². The summed E-state index contributed by atoms with van der Waals surface area (Å²) in [5.41, 5.74) is 2.45. The highest BCUT2D eigenvalue weighted by Crippen LogP contribution is 2.34. The van der Waals surface area contributed by atoms with Gasteiger partial charge >= 0.3 is 5.97 Å². The van der Waals surface area contributed by atoms with Crippen molar-refractivity contribution in [3.8, 4) is 0 Å². The lowest BCUT2D eigenvalue weighted by Crippen LogP contribution is -2.37. The maximum absolute atomic E-state index is 12.5. The third-order valence-corrected chi connectivity index (χ3v) is 5.73. The van der Waals surface area contributed by atoms with Crippen molar-refractivity contribution in [3.63, 3.8) is 0 Å². The molecule has 0 radical (unpaired) electrons. The standard InChI is InChI=1S/C22H22N2O5/c1-2-13-6-5-9-14-17(10-23-20(13)14)18(25)12-29-19(26)11-24-21(27)15-7-3-4-8-16(15)22(24)28/h3-6,9-10,15-16,23H,2,7-8,11-12H2,1H3/t15-,16+. The summed E-state index contributed by atoms with van der Waals surface area (Å²) in [4.78, 5) is 53.6. The number of aromatic nitrogens is 1. The number of nitrogens with zero attached hydrogens (tertiary/aromatic N) is 1. The Morgan fingerprint density at radius 2 is 1.83 bits per heavy atom. The Balaban J connectivity index is 1.38. The molecule has 2 aliphatic rings. The van der Waals surface area contributed by atoms with Gasteiger partial charge in [-0.25, -0.2) is 0 Å². The first-order valence-electron chi connectivity index (χ1n) is 9.79. The molecule has 150 valence electrons. The number of carbonyl (C=O) groups excluding carboxylic acids is 4. The fourth-order valence-corrected chi connectivity index (χ4v) is 4.17. The van der Waals surface area contributed by atoms with Crippen LogP contribution in [0.25, 0.3) is 10.9 Å². The fourth-order valence-electron chi connectivity index (χ4n) is 4.17. The Hall–Kier alpha value is -3.22. The number of benzene rings is 1. The number of aryl methyl sites for hydroxylation is 1. The summed E-state index contributed by atoms with van der Waals surface area (Å²) in [6.07, 6.45) is 7.25. The molecule has 1 aromatic heterocycles. The van der Waals surface area contributed by atoms with Gasteiger partial charge in [0.25, 0.3) is 0 Å². The number of carbonyl (C=O) groups is 4. The van der Waals surface area contributed by atoms with Gasteiger partial charge in [-0.05, 0) is 24.8 Å². The molecule has 0 unspecified atom stereocenters. The van der Waals surface area contributed by atoms with E-state index >= 15 is 0 Å². The number of nitrogens with one attached hydrogen (secondary N) is 1. The molecular weight excluding hydrogens is 372 g/mol. The third kappa shape index (κ3) is 3.37.